The number of amides is 2. The second kappa shape index (κ2) is 8.12. The van der Waals surface area contributed by atoms with Crippen LogP contribution in [0.3, 0.4) is 0 Å². The van der Waals surface area contributed by atoms with E-state index in [4.69, 9.17) is 0 Å². The van der Waals surface area contributed by atoms with Crippen molar-refractivity contribution in [3.8, 4) is 0 Å². The maximum atomic E-state index is 12.1. The van der Waals surface area contributed by atoms with E-state index < -0.39 is 0 Å². The molecule has 1 fully saturated rings. The van der Waals surface area contributed by atoms with Gasteiger partial charge in [0, 0.05) is 0 Å². The van der Waals surface area contributed by atoms with Crippen LogP contribution in [0.1, 0.15) is 0 Å². The number of thioether (sulfide) groups is 2. The van der Waals surface area contributed by atoms with Crippen LogP contribution in [0.25, 0.3) is 10.2 Å². The summed E-state index contributed by atoms with van der Waals surface area (Å²) in [4.78, 5) is 30.3. The molecular formula is C18H14N4O2S3. The fourth-order valence-corrected chi connectivity index (χ4v) is 5.15. The predicted molar refractivity (Wildman–Crippen MR) is 112 cm³/mol. The van der Waals surface area contributed by atoms with Gasteiger partial charge >= 0.3 is 0 Å². The Hall–Kier alpha value is -2.36. The second-order valence-electron chi connectivity index (χ2n) is 5.52. The standard InChI is InChI=1S/C18H14N4O2S3/c23-15(10-26-18-19-13-8-4-5-9-14(13)27-18)20-21-17-22(16(24)11-25-17)12-6-2-1-3-7-12/h1-9H,10-11H2,(H,20,23). The van der Waals surface area contributed by atoms with E-state index in [1.54, 1.807) is 11.3 Å². The summed E-state index contributed by atoms with van der Waals surface area (Å²) in [6, 6.07) is 17.1. The van der Waals surface area contributed by atoms with Crippen molar-refractivity contribution in [2.75, 3.05) is 16.4 Å². The Morgan fingerprint density at radius 3 is 2.78 bits per heavy atom. The minimum atomic E-state index is -0.236. The van der Waals surface area contributed by atoms with Gasteiger partial charge in [0.25, 0.3) is 5.91 Å². The molecule has 0 atom stereocenters. The van der Waals surface area contributed by atoms with Gasteiger partial charge in [0.1, 0.15) is 0 Å². The number of nitrogens with zero attached hydrogens (tertiary/aromatic N) is 3. The van der Waals surface area contributed by atoms with Crippen LogP contribution < -0.4 is 10.3 Å². The smallest absolute Gasteiger partial charge is 0.250 e. The fraction of sp³-hybridized carbons (Fsp3) is 0.111. The molecule has 6 nitrogen and oxygen atoms in total. The quantitative estimate of drug-likeness (QED) is 0.510. The van der Waals surface area contributed by atoms with Gasteiger partial charge in [-0.3, -0.25) is 14.5 Å². The van der Waals surface area contributed by atoms with Crippen LogP contribution >= 0.6 is 34.9 Å². The molecule has 2 aromatic carbocycles. The van der Waals surface area contributed by atoms with E-state index in [9.17, 15) is 9.59 Å². The third-order valence-electron chi connectivity index (χ3n) is 3.66. The van der Waals surface area contributed by atoms with Crippen LogP contribution in [0.15, 0.2) is 64.0 Å². The Morgan fingerprint density at radius 2 is 1.96 bits per heavy atom. The third kappa shape index (κ3) is 4.15. The average molecular weight is 415 g/mol. The van der Waals surface area contributed by atoms with E-state index in [0.717, 1.165) is 20.2 Å². The number of thiazole rings is 1. The van der Waals surface area contributed by atoms with Crippen molar-refractivity contribution in [3.05, 3.63) is 54.6 Å². The summed E-state index contributed by atoms with van der Waals surface area (Å²) in [6.45, 7) is 0. The molecule has 0 spiro atoms. The van der Waals surface area contributed by atoms with Gasteiger partial charge in [-0.15, -0.1) is 16.4 Å². The number of carbonyl (C=O) groups is 2. The summed E-state index contributed by atoms with van der Waals surface area (Å²) in [6.07, 6.45) is 0. The van der Waals surface area contributed by atoms with Gasteiger partial charge in [-0.2, -0.15) is 0 Å². The maximum absolute atomic E-state index is 12.1. The fourth-order valence-electron chi connectivity index (χ4n) is 2.46. The summed E-state index contributed by atoms with van der Waals surface area (Å²) in [7, 11) is 0. The molecule has 0 bridgehead atoms. The SMILES string of the molecule is O=C(CSc1nc2ccccc2s1)NN=C1SCC(=O)N1c1ccccc1. The van der Waals surface area contributed by atoms with E-state index >= 15 is 0 Å². The summed E-state index contributed by atoms with van der Waals surface area (Å²) in [5, 5.41) is 4.62. The lowest BCUT2D eigenvalue weighted by Crippen LogP contribution is -2.31. The minimum absolute atomic E-state index is 0.0527. The molecule has 0 saturated carbocycles. The molecular weight excluding hydrogens is 400 g/mol. The molecule has 3 aromatic rings. The van der Waals surface area contributed by atoms with Crippen LogP contribution in [0, 0.1) is 0 Å². The van der Waals surface area contributed by atoms with Crippen molar-refractivity contribution >= 4 is 67.7 Å². The molecule has 1 aliphatic heterocycles. The van der Waals surface area contributed by atoms with Crippen LogP contribution in [0.2, 0.25) is 0 Å². The summed E-state index contributed by atoms with van der Waals surface area (Å²) >= 11 is 4.24. The van der Waals surface area contributed by atoms with Gasteiger partial charge in [0.05, 0.1) is 27.4 Å². The van der Waals surface area contributed by atoms with Crippen molar-refractivity contribution in [2.45, 2.75) is 4.34 Å². The third-order valence-corrected chi connectivity index (χ3v) is 6.76. The van der Waals surface area contributed by atoms with Crippen LogP contribution in [-0.2, 0) is 9.59 Å². The van der Waals surface area contributed by atoms with Gasteiger partial charge in [-0.1, -0.05) is 53.9 Å². The van der Waals surface area contributed by atoms with Crippen molar-refractivity contribution < 1.29 is 9.59 Å². The Kier molecular flexibility index (Phi) is 5.42. The molecule has 1 aliphatic rings. The van der Waals surface area contributed by atoms with Gasteiger partial charge in [0.2, 0.25) is 5.91 Å². The Balaban J connectivity index is 1.38. The normalized spacial score (nSPS) is 15.6. The lowest BCUT2D eigenvalue weighted by Gasteiger charge is -2.15. The monoisotopic (exact) mass is 414 g/mol. The van der Waals surface area contributed by atoms with E-state index in [-0.39, 0.29) is 17.6 Å². The van der Waals surface area contributed by atoms with Gasteiger partial charge in [0.15, 0.2) is 9.51 Å². The topological polar surface area (TPSA) is 74.7 Å². The first-order valence-electron chi connectivity index (χ1n) is 8.06. The number of para-hydroxylation sites is 2. The lowest BCUT2D eigenvalue weighted by molar-refractivity contribution is -0.118. The van der Waals surface area contributed by atoms with Crippen molar-refractivity contribution in [1.82, 2.24) is 10.4 Å². The molecule has 1 N–H and O–H groups in total. The molecule has 0 aliphatic carbocycles. The Bertz CT molecular complexity index is 987. The number of rotatable bonds is 5. The number of hydrogen-bond acceptors (Lipinski definition) is 7. The highest BCUT2D eigenvalue weighted by Gasteiger charge is 2.29. The molecule has 0 unspecified atom stereocenters. The molecule has 2 heterocycles. The summed E-state index contributed by atoms with van der Waals surface area (Å²) in [5.74, 6) is 0.229. The zero-order valence-corrected chi connectivity index (χ0v) is 16.4. The predicted octanol–water partition coefficient (Wildman–Crippen LogP) is 3.56. The van der Waals surface area contributed by atoms with E-state index in [0.29, 0.717) is 10.9 Å². The van der Waals surface area contributed by atoms with Crippen molar-refractivity contribution in [3.63, 3.8) is 0 Å². The summed E-state index contributed by atoms with van der Waals surface area (Å²) in [5.41, 5.74) is 4.21. The zero-order chi connectivity index (χ0) is 18.6. The first kappa shape index (κ1) is 18.0. The van der Waals surface area contributed by atoms with Crippen molar-refractivity contribution in [1.29, 1.82) is 0 Å². The number of nitrogens with one attached hydrogen (secondary N) is 1. The number of benzene rings is 2. The van der Waals surface area contributed by atoms with Gasteiger partial charge < -0.3 is 0 Å². The summed E-state index contributed by atoms with van der Waals surface area (Å²) < 4.78 is 1.94. The minimum Gasteiger partial charge on any atom is -0.273 e. The zero-order valence-electron chi connectivity index (χ0n) is 14.0. The van der Waals surface area contributed by atoms with Crippen LogP contribution in [0.5, 0.6) is 0 Å². The molecule has 0 radical (unpaired) electrons. The number of hydrogen-bond donors (Lipinski definition) is 1. The Morgan fingerprint density at radius 1 is 1.19 bits per heavy atom. The first-order valence-corrected chi connectivity index (χ1v) is 10.9. The van der Waals surface area contributed by atoms with Crippen LogP contribution in [-0.4, -0.2) is 33.5 Å². The highest BCUT2D eigenvalue weighted by molar-refractivity contribution is 8.15. The number of anilines is 1. The molecule has 27 heavy (non-hydrogen) atoms. The number of fused-ring (bicyclic) bond motifs is 1. The van der Waals surface area contributed by atoms with E-state index in [1.807, 2.05) is 54.6 Å². The first-order chi connectivity index (χ1) is 13.2. The lowest BCUT2D eigenvalue weighted by atomic mass is 10.3. The van der Waals surface area contributed by atoms with Crippen molar-refractivity contribution in [2.24, 2.45) is 5.10 Å². The molecule has 9 heteroatoms. The molecule has 1 saturated heterocycles. The highest BCUT2D eigenvalue weighted by Crippen LogP contribution is 2.29. The average Bonchev–Trinajstić information content (AvgIpc) is 3.28. The van der Waals surface area contributed by atoms with Crippen LogP contribution in [0.4, 0.5) is 5.69 Å². The largest absolute Gasteiger partial charge is 0.273 e. The number of carbonyl (C=O) groups excluding carboxylic acids is 2. The second-order valence-corrected chi connectivity index (χ2v) is 8.71. The van der Waals surface area contributed by atoms with Gasteiger partial charge in [-0.05, 0) is 24.3 Å². The van der Waals surface area contributed by atoms with E-state index in [2.05, 4.69) is 15.5 Å². The highest BCUT2D eigenvalue weighted by atomic mass is 32.2. The molecule has 4 rings (SSSR count). The number of amidine groups is 1. The molecule has 2 amide bonds. The number of aromatic nitrogens is 1. The van der Waals surface area contributed by atoms with E-state index in [1.165, 1.54) is 28.4 Å². The maximum Gasteiger partial charge on any atom is 0.250 e. The molecule has 136 valence electrons. The van der Waals surface area contributed by atoms with Gasteiger partial charge in [-0.25, -0.2) is 10.4 Å². The number of hydrazone groups is 1. The Labute approximate surface area is 168 Å². The molecule has 1 aromatic heterocycles.